The largest absolute Gasteiger partial charge is 0.404 e. The van der Waals surface area contributed by atoms with Gasteiger partial charge in [-0.2, -0.15) is 5.10 Å². The van der Waals surface area contributed by atoms with Gasteiger partial charge in [0.2, 0.25) is 5.78 Å². The number of Topliss-reactive ketones (excluding diaryl/α,β-unsaturated/α-hetero) is 2. The fourth-order valence-electron chi connectivity index (χ4n) is 5.54. The minimum atomic E-state index is -1.21. The highest BCUT2D eigenvalue weighted by Crippen LogP contribution is 2.23. The second-order valence-corrected chi connectivity index (χ2v) is 12.3. The maximum absolute atomic E-state index is 13.7. The van der Waals surface area contributed by atoms with Gasteiger partial charge in [-0.1, -0.05) is 40.5 Å². The summed E-state index contributed by atoms with van der Waals surface area (Å²) in [6.45, 7) is 5.50. The lowest BCUT2D eigenvalue weighted by molar-refractivity contribution is -0.123. The molecule has 0 amide bonds. The number of alkyl halides is 1. The number of hydrogen-bond acceptors (Lipinski definition) is 9. The number of likely N-dealkylation sites (N-methyl/N-ethyl adjacent to an activating group) is 2. The molecule has 12 heteroatoms. The van der Waals surface area contributed by atoms with Gasteiger partial charge in [-0.05, 0) is 61.4 Å². The highest BCUT2D eigenvalue weighted by molar-refractivity contribution is 7.17. The van der Waals surface area contributed by atoms with Crippen molar-refractivity contribution < 1.29 is 23.5 Å². The maximum Gasteiger partial charge on any atom is 0.212 e. The van der Waals surface area contributed by atoms with Crippen molar-refractivity contribution in [2.45, 2.75) is 57.4 Å². The van der Waals surface area contributed by atoms with Crippen molar-refractivity contribution in [1.82, 2.24) is 19.8 Å². The molecule has 5 atom stereocenters. The average molecular weight is 653 g/mol. The number of carbonyl (C=O) groups is 2. The van der Waals surface area contributed by atoms with Crippen LogP contribution in [0, 0.1) is 0 Å². The van der Waals surface area contributed by atoms with Crippen LogP contribution in [0.3, 0.4) is 0 Å². The maximum atomic E-state index is 13.7. The van der Waals surface area contributed by atoms with Crippen LogP contribution in [-0.2, 0) is 14.3 Å². The number of nitrogens with one attached hydrogen (secondary N) is 1. The van der Waals surface area contributed by atoms with E-state index >= 15 is 0 Å². The number of carbonyl (C=O) groups excluding carboxylic acids is 2. The molecule has 1 saturated heterocycles. The molecule has 1 aliphatic carbocycles. The molecule has 4 rings (SSSR count). The zero-order valence-electron chi connectivity index (χ0n) is 27.1. The fraction of sp³-hybridized carbons (Fsp3) is 0.441. The Morgan fingerprint density at radius 1 is 1.28 bits per heavy atom. The first-order chi connectivity index (χ1) is 22.1. The van der Waals surface area contributed by atoms with Gasteiger partial charge in [0.15, 0.2) is 0 Å². The molecule has 1 aromatic heterocycles. The summed E-state index contributed by atoms with van der Waals surface area (Å²) in [6.07, 6.45) is 20.1. The monoisotopic (exact) mass is 652 g/mol. The predicted octanol–water partition coefficient (Wildman–Crippen LogP) is 2.72. The third-order valence-electron chi connectivity index (χ3n) is 7.96. The van der Waals surface area contributed by atoms with E-state index in [-0.39, 0.29) is 36.0 Å². The lowest BCUT2D eigenvalue weighted by Gasteiger charge is -2.36. The summed E-state index contributed by atoms with van der Waals surface area (Å²) in [5, 5.41) is 7.69. The van der Waals surface area contributed by atoms with Crippen LogP contribution in [-0.4, -0.2) is 102 Å². The molecule has 46 heavy (non-hydrogen) atoms. The van der Waals surface area contributed by atoms with Crippen molar-refractivity contribution in [3.8, 4) is 0 Å². The van der Waals surface area contributed by atoms with Crippen molar-refractivity contribution in [1.29, 1.82) is 0 Å². The van der Waals surface area contributed by atoms with Crippen LogP contribution >= 0.6 is 9.24 Å². The normalized spacial score (nSPS) is 23.3. The number of ether oxygens (including phenoxy) is 2. The summed E-state index contributed by atoms with van der Waals surface area (Å²) in [6, 6.07) is 1.46. The molecule has 0 aromatic carbocycles. The number of ketones is 2. The third-order valence-corrected chi connectivity index (χ3v) is 8.15. The number of hydrazone groups is 1. The Morgan fingerprint density at radius 2 is 2.07 bits per heavy atom. The van der Waals surface area contributed by atoms with Gasteiger partial charge in [0, 0.05) is 38.3 Å². The summed E-state index contributed by atoms with van der Waals surface area (Å²) in [5.74, 6) is -1.37. The number of aromatic amines is 1. The Labute approximate surface area is 272 Å². The second kappa shape index (κ2) is 16.8. The minimum absolute atomic E-state index is 0.101. The number of H-pyrrole nitrogens is 1. The van der Waals surface area contributed by atoms with Crippen molar-refractivity contribution in [2.24, 2.45) is 10.8 Å². The van der Waals surface area contributed by atoms with Crippen LogP contribution in [0.15, 0.2) is 70.8 Å². The first-order valence-electron chi connectivity index (χ1n) is 15.6. The zero-order chi connectivity index (χ0) is 33.2. The van der Waals surface area contributed by atoms with Crippen LogP contribution in [0.4, 0.5) is 4.39 Å². The standard InChI is InChI=1S/C34H46FN6O4P/c1-5-6-7-8-9-13-44-33-14-23(2)30(21-39(33)3)40(4)37-19-25(18-36)34(43)28-15-24-16-31(45-22-32(35)46)29(17-27(24)38-28)41-12-10-11-26(42)20-41/h6-9,14-19,21,29,31-33,38H,5,10-13,20,22,36,46H2,1-4H3/b7-6-,9-8-,25-18-,37-19-. The second-order valence-electron chi connectivity index (χ2n) is 11.5. The molecule has 5 unspecified atom stereocenters. The number of rotatable bonds is 14. The highest BCUT2D eigenvalue weighted by atomic mass is 31.0. The summed E-state index contributed by atoms with van der Waals surface area (Å²) in [4.78, 5) is 32.9. The molecule has 0 bridgehead atoms. The van der Waals surface area contributed by atoms with Crippen LogP contribution in [0.2, 0.25) is 0 Å². The van der Waals surface area contributed by atoms with Gasteiger partial charge in [-0.3, -0.25) is 19.5 Å². The van der Waals surface area contributed by atoms with E-state index in [0.29, 0.717) is 25.3 Å². The van der Waals surface area contributed by atoms with E-state index in [4.69, 9.17) is 15.2 Å². The Morgan fingerprint density at radius 3 is 2.78 bits per heavy atom. The number of halogens is 1. The summed E-state index contributed by atoms with van der Waals surface area (Å²) in [7, 11) is 5.83. The van der Waals surface area contributed by atoms with Gasteiger partial charge in [0.05, 0.1) is 55.1 Å². The van der Waals surface area contributed by atoms with Crippen LogP contribution in [0.5, 0.6) is 0 Å². The molecule has 0 spiro atoms. The molecule has 3 aliphatic rings. The number of allylic oxidation sites excluding steroid dienone is 5. The minimum Gasteiger partial charge on any atom is -0.404 e. The lowest BCUT2D eigenvalue weighted by Crippen LogP contribution is -2.51. The van der Waals surface area contributed by atoms with Crippen LogP contribution in [0.1, 0.15) is 43.6 Å². The predicted molar refractivity (Wildman–Crippen MR) is 184 cm³/mol. The number of piperidine rings is 1. The third kappa shape index (κ3) is 9.22. The van der Waals surface area contributed by atoms with E-state index in [0.717, 1.165) is 41.2 Å². The van der Waals surface area contributed by atoms with Crippen molar-refractivity contribution in [3.63, 3.8) is 0 Å². The number of likely N-dealkylation sites (tertiary alicyclic amines) is 1. The smallest absolute Gasteiger partial charge is 0.212 e. The van der Waals surface area contributed by atoms with Gasteiger partial charge < -0.3 is 25.1 Å². The highest BCUT2D eigenvalue weighted by Gasteiger charge is 2.31. The zero-order valence-corrected chi connectivity index (χ0v) is 28.2. The van der Waals surface area contributed by atoms with Crippen molar-refractivity contribution in [2.75, 3.05) is 40.4 Å². The molecule has 3 N–H and O–H groups in total. The van der Waals surface area contributed by atoms with Crippen molar-refractivity contribution in [3.05, 3.63) is 82.0 Å². The Balaban J connectivity index is 1.46. The summed E-state index contributed by atoms with van der Waals surface area (Å²) >= 11 is 0. The topological polar surface area (TPSA) is 116 Å². The van der Waals surface area contributed by atoms with Gasteiger partial charge >= 0.3 is 0 Å². The van der Waals surface area contributed by atoms with E-state index in [2.05, 4.69) is 32.3 Å². The quantitative estimate of drug-likeness (QED) is 0.0788. The van der Waals surface area contributed by atoms with Crippen LogP contribution in [0.25, 0.3) is 12.2 Å². The summed E-state index contributed by atoms with van der Waals surface area (Å²) in [5.41, 5.74) is 8.26. The van der Waals surface area contributed by atoms with Gasteiger partial charge in [-0.15, -0.1) is 0 Å². The first-order valence-corrected chi connectivity index (χ1v) is 16.3. The number of fused-ring (bicyclic) bond motifs is 1. The Hall–Kier alpha value is -3.63. The molecule has 10 nitrogen and oxygen atoms in total. The molecule has 2 aliphatic heterocycles. The molecule has 1 fully saturated rings. The van der Waals surface area contributed by atoms with Gasteiger partial charge in [0.25, 0.3) is 0 Å². The number of hydrogen-bond donors (Lipinski definition) is 2. The first kappa shape index (κ1) is 35.2. The Bertz CT molecular complexity index is 1560. The van der Waals surface area contributed by atoms with Crippen LogP contribution < -0.4 is 16.3 Å². The number of nitrogens with two attached hydrogens (primary N) is 1. The molecular formula is C34H46FN6O4P. The van der Waals surface area contributed by atoms with Gasteiger partial charge in [0.1, 0.15) is 17.9 Å². The van der Waals surface area contributed by atoms with E-state index in [9.17, 15) is 14.0 Å². The summed E-state index contributed by atoms with van der Waals surface area (Å²) < 4.78 is 25.5. The SMILES string of the molecule is CC/C=C\C=C/COC1C=C(C)C(N(C)/N=C\C(=C\N)C(=O)c2cc3c([nH]2)=CC(N2CCCC(=O)C2)C(OCC(F)P)C=3)=CN1C. The molecule has 3 heterocycles. The molecule has 0 saturated carbocycles. The van der Waals surface area contributed by atoms with E-state index in [1.54, 1.807) is 18.1 Å². The Kier molecular flexibility index (Phi) is 12.9. The molecular weight excluding hydrogens is 606 g/mol. The number of aromatic nitrogens is 1. The number of nitrogens with zero attached hydrogens (tertiary/aromatic N) is 4. The molecule has 248 valence electrons. The molecule has 0 radical (unpaired) electrons. The van der Waals surface area contributed by atoms with E-state index in [1.165, 1.54) is 12.4 Å². The van der Waals surface area contributed by atoms with Gasteiger partial charge in [-0.25, -0.2) is 4.39 Å². The van der Waals surface area contributed by atoms with E-state index < -0.39 is 12.0 Å². The average Bonchev–Trinajstić information content (AvgIpc) is 3.45. The van der Waals surface area contributed by atoms with E-state index in [1.807, 2.05) is 66.4 Å². The van der Waals surface area contributed by atoms with Crippen molar-refractivity contribution >= 4 is 39.2 Å². The lowest BCUT2D eigenvalue weighted by atomic mass is 9.99. The molecule has 1 aromatic rings. The fourth-order valence-corrected chi connectivity index (χ4v) is 5.65.